The Morgan fingerprint density at radius 3 is 2.50 bits per heavy atom. The van der Waals surface area contributed by atoms with Crippen molar-refractivity contribution in [3.05, 3.63) is 53.6 Å². The first-order valence-corrected chi connectivity index (χ1v) is 8.02. The molecule has 0 saturated heterocycles. The number of aryl methyl sites for hydroxylation is 1. The number of aliphatic hydroxyl groups excluding tert-OH is 1. The third-order valence-electron chi connectivity index (χ3n) is 3.68. The fourth-order valence-corrected chi connectivity index (χ4v) is 2.40. The van der Waals surface area contributed by atoms with Crippen molar-refractivity contribution >= 4 is 5.69 Å². The van der Waals surface area contributed by atoms with E-state index in [0.717, 1.165) is 22.6 Å². The zero-order chi connectivity index (χ0) is 17.5. The summed E-state index contributed by atoms with van der Waals surface area (Å²) in [6.07, 6.45) is -0.512. The van der Waals surface area contributed by atoms with Crippen molar-refractivity contribution in [3.8, 4) is 11.5 Å². The number of nitrogens with zero attached hydrogens (tertiary/aromatic N) is 1. The maximum absolute atomic E-state index is 10.0. The molecule has 0 aliphatic rings. The molecule has 1 atom stereocenters. The molecule has 1 unspecified atom stereocenters. The van der Waals surface area contributed by atoms with Gasteiger partial charge in [-0.25, -0.2) is 0 Å². The number of hydrogen-bond donors (Lipinski definition) is 3. The Bertz CT molecular complexity index is 642. The predicted molar refractivity (Wildman–Crippen MR) is 96.7 cm³/mol. The number of aliphatic hydroxyl groups is 1. The Balaban J connectivity index is 1.85. The number of phenolic OH excluding ortho intramolecular Hbond substituents is 1. The predicted octanol–water partition coefficient (Wildman–Crippen LogP) is 2.61. The lowest BCUT2D eigenvalue weighted by Crippen LogP contribution is -2.30. The number of ether oxygens (including phenoxy) is 1. The van der Waals surface area contributed by atoms with Gasteiger partial charge in [0.1, 0.15) is 24.2 Å². The Kier molecular flexibility index (Phi) is 6.46. The molecule has 0 spiro atoms. The van der Waals surface area contributed by atoms with Gasteiger partial charge in [0.05, 0.1) is 0 Å². The number of benzene rings is 2. The smallest absolute Gasteiger partial charge is 0.123 e. The SMILES string of the molecule is Cc1cccc(CNc2ccc(OCC(O)CN(C)C)cc2)c1O. The maximum Gasteiger partial charge on any atom is 0.123 e. The lowest BCUT2D eigenvalue weighted by atomic mass is 10.1. The van der Waals surface area contributed by atoms with Gasteiger partial charge in [0, 0.05) is 24.3 Å². The van der Waals surface area contributed by atoms with Crippen LogP contribution in [0.1, 0.15) is 11.1 Å². The van der Waals surface area contributed by atoms with Crippen molar-refractivity contribution in [1.29, 1.82) is 0 Å². The van der Waals surface area contributed by atoms with Crippen molar-refractivity contribution in [2.24, 2.45) is 0 Å². The third-order valence-corrected chi connectivity index (χ3v) is 3.68. The Morgan fingerprint density at radius 1 is 1.12 bits per heavy atom. The topological polar surface area (TPSA) is 65.0 Å². The summed E-state index contributed by atoms with van der Waals surface area (Å²) in [6.45, 7) is 3.27. The van der Waals surface area contributed by atoms with Gasteiger partial charge < -0.3 is 25.2 Å². The van der Waals surface area contributed by atoms with Gasteiger partial charge in [-0.15, -0.1) is 0 Å². The van der Waals surface area contributed by atoms with Gasteiger partial charge in [0.15, 0.2) is 0 Å². The first-order valence-electron chi connectivity index (χ1n) is 8.02. The van der Waals surface area contributed by atoms with Gasteiger partial charge in [-0.2, -0.15) is 0 Å². The van der Waals surface area contributed by atoms with Crippen LogP contribution < -0.4 is 10.1 Å². The number of aromatic hydroxyl groups is 1. The highest BCUT2D eigenvalue weighted by Gasteiger charge is 2.07. The molecule has 0 aliphatic carbocycles. The fourth-order valence-electron chi connectivity index (χ4n) is 2.40. The molecule has 0 heterocycles. The molecule has 0 fully saturated rings. The van der Waals surface area contributed by atoms with Crippen LogP contribution in [0.4, 0.5) is 5.69 Å². The molecule has 0 bridgehead atoms. The summed E-state index contributed by atoms with van der Waals surface area (Å²) in [5, 5.41) is 23.1. The average molecular weight is 330 g/mol. The van der Waals surface area contributed by atoms with Crippen LogP contribution >= 0.6 is 0 Å². The second kappa shape index (κ2) is 8.57. The van der Waals surface area contributed by atoms with Crippen molar-refractivity contribution < 1.29 is 14.9 Å². The Labute approximate surface area is 143 Å². The summed E-state index contributed by atoms with van der Waals surface area (Å²) in [4.78, 5) is 1.92. The third kappa shape index (κ3) is 5.44. The van der Waals surface area contributed by atoms with Crippen molar-refractivity contribution in [1.82, 2.24) is 4.90 Å². The van der Waals surface area contributed by atoms with Crippen LogP contribution in [0.25, 0.3) is 0 Å². The molecule has 0 amide bonds. The van der Waals surface area contributed by atoms with Crippen LogP contribution in [-0.4, -0.2) is 48.5 Å². The van der Waals surface area contributed by atoms with E-state index in [1.54, 1.807) is 0 Å². The van der Waals surface area contributed by atoms with Gasteiger partial charge in [0.25, 0.3) is 0 Å². The summed E-state index contributed by atoms with van der Waals surface area (Å²) in [5.74, 6) is 1.05. The normalized spacial score (nSPS) is 12.2. The molecular formula is C19H26N2O3. The number of para-hydroxylation sites is 1. The highest BCUT2D eigenvalue weighted by molar-refractivity contribution is 5.48. The van der Waals surface area contributed by atoms with E-state index in [0.29, 0.717) is 18.8 Å². The second-order valence-corrected chi connectivity index (χ2v) is 6.19. The van der Waals surface area contributed by atoms with E-state index in [2.05, 4.69) is 5.32 Å². The molecule has 2 rings (SSSR count). The van der Waals surface area contributed by atoms with Crippen LogP contribution in [0, 0.1) is 6.92 Å². The summed E-state index contributed by atoms with van der Waals surface area (Å²) in [7, 11) is 3.82. The van der Waals surface area contributed by atoms with E-state index >= 15 is 0 Å². The number of hydrogen-bond acceptors (Lipinski definition) is 5. The maximum atomic E-state index is 10.0. The minimum atomic E-state index is -0.512. The minimum Gasteiger partial charge on any atom is -0.507 e. The Morgan fingerprint density at radius 2 is 1.83 bits per heavy atom. The zero-order valence-electron chi connectivity index (χ0n) is 14.5. The second-order valence-electron chi connectivity index (χ2n) is 6.19. The summed E-state index contributed by atoms with van der Waals surface area (Å²) in [5.41, 5.74) is 2.67. The molecular weight excluding hydrogens is 304 g/mol. The Hall–Kier alpha value is -2.24. The molecule has 3 N–H and O–H groups in total. The number of nitrogens with one attached hydrogen (secondary N) is 1. The first-order chi connectivity index (χ1) is 11.5. The van der Waals surface area contributed by atoms with Gasteiger partial charge in [-0.3, -0.25) is 0 Å². The van der Waals surface area contributed by atoms with E-state index in [1.165, 1.54) is 0 Å². The molecule has 2 aromatic rings. The zero-order valence-corrected chi connectivity index (χ0v) is 14.5. The average Bonchev–Trinajstić information content (AvgIpc) is 2.55. The molecule has 0 aliphatic heterocycles. The molecule has 130 valence electrons. The van der Waals surface area contributed by atoms with E-state index in [1.807, 2.05) is 68.4 Å². The van der Waals surface area contributed by atoms with Crippen LogP contribution in [-0.2, 0) is 6.54 Å². The van der Waals surface area contributed by atoms with Crippen molar-refractivity contribution in [2.45, 2.75) is 19.6 Å². The van der Waals surface area contributed by atoms with Gasteiger partial charge >= 0.3 is 0 Å². The van der Waals surface area contributed by atoms with E-state index in [9.17, 15) is 10.2 Å². The highest BCUT2D eigenvalue weighted by Crippen LogP contribution is 2.23. The van der Waals surface area contributed by atoms with Crippen LogP contribution in [0.2, 0.25) is 0 Å². The van der Waals surface area contributed by atoms with E-state index < -0.39 is 6.10 Å². The molecule has 0 saturated carbocycles. The standard InChI is InChI=1S/C19H26N2O3/c1-14-5-4-6-15(19(14)23)11-20-16-7-9-18(10-8-16)24-13-17(22)12-21(2)3/h4-10,17,20,22-23H,11-13H2,1-3H3. The number of anilines is 1. The highest BCUT2D eigenvalue weighted by atomic mass is 16.5. The van der Waals surface area contributed by atoms with Gasteiger partial charge in [0.2, 0.25) is 0 Å². The summed E-state index contributed by atoms with van der Waals surface area (Å²) < 4.78 is 5.58. The molecule has 5 nitrogen and oxygen atoms in total. The molecule has 5 heteroatoms. The number of rotatable bonds is 8. The molecule has 0 aromatic heterocycles. The fraction of sp³-hybridized carbons (Fsp3) is 0.368. The van der Waals surface area contributed by atoms with Crippen LogP contribution in [0.3, 0.4) is 0 Å². The number of phenols is 1. The largest absolute Gasteiger partial charge is 0.507 e. The summed E-state index contributed by atoms with van der Waals surface area (Å²) in [6, 6.07) is 13.3. The van der Waals surface area contributed by atoms with Crippen LogP contribution in [0.15, 0.2) is 42.5 Å². The minimum absolute atomic E-state index is 0.266. The van der Waals surface area contributed by atoms with Gasteiger partial charge in [-0.1, -0.05) is 18.2 Å². The lowest BCUT2D eigenvalue weighted by Gasteiger charge is -2.16. The first kappa shape index (κ1) is 18.1. The van der Waals surface area contributed by atoms with Crippen molar-refractivity contribution in [3.63, 3.8) is 0 Å². The van der Waals surface area contributed by atoms with Crippen molar-refractivity contribution in [2.75, 3.05) is 32.6 Å². The number of likely N-dealkylation sites (N-methyl/N-ethyl adjacent to an activating group) is 1. The van der Waals surface area contributed by atoms with Gasteiger partial charge in [-0.05, 0) is 50.8 Å². The van der Waals surface area contributed by atoms with E-state index in [-0.39, 0.29) is 6.61 Å². The molecule has 2 aromatic carbocycles. The molecule has 24 heavy (non-hydrogen) atoms. The van der Waals surface area contributed by atoms with Crippen LogP contribution in [0.5, 0.6) is 11.5 Å². The lowest BCUT2D eigenvalue weighted by molar-refractivity contribution is 0.0831. The molecule has 0 radical (unpaired) electrons. The quantitative estimate of drug-likeness (QED) is 0.694. The monoisotopic (exact) mass is 330 g/mol. The summed E-state index contributed by atoms with van der Waals surface area (Å²) >= 11 is 0. The van der Waals surface area contributed by atoms with E-state index in [4.69, 9.17) is 4.74 Å².